The van der Waals surface area contributed by atoms with Crippen LogP contribution in [-0.4, -0.2) is 38.8 Å². The summed E-state index contributed by atoms with van der Waals surface area (Å²) in [4.78, 5) is 7.01. The molecule has 4 heterocycles. The molecule has 0 aliphatic carbocycles. The Morgan fingerprint density at radius 2 is 2.00 bits per heavy atom. The Morgan fingerprint density at radius 1 is 1.12 bits per heavy atom. The molecule has 5 rings (SSSR count). The van der Waals surface area contributed by atoms with Gasteiger partial charge in [0, 0.05) is 36.4 Å². The van der Waals surface area contributed by atoms with E-state index in [1.807, 2.05) is 18.3 Å². The van der Waals surface area contributed by atoms with Crippen LogP contribution in [0.1, 0.15) is 53.1 Å². The molecule has 2 aromatic heterocycles. The van der Waals surface area contributed by atoms with Crippen molar-refractivity contribution in [1.82, 2.24) is 19.8 Å². The van der Waals surface area contributed by atoms with E-state index in [0.29, 0.717) is 0 Å². The molecule has 166 valence electrons. The highest BCUT2D eigenvalue weighted by Gasteiger charge is 2.42. The van der Waals surface area contributed by atoms with E-state index in [2.05, 4.69) is 76.9 Å². The largest absolute Gasteiger partial charge is 0.376 e. The van der Waals surface area contributed by atoms with Crippen molar-refractivity contribution in [3.63, 3.8) is 0 Å². The molecule has 2 aliphatic rings. The van der Waals surface area contributed by atoms with Crippen molar-refractivity contribution in [3.05, 3.63) is 82.9 Å². The molecular formula is C26H30N4OS. The first-order chi connectivity index (χ1) is 15.5. The van der Waals surface area contributed by atoms with Gasteiger partial charge < -0.3 is 19.5 Å². The summed E-state index contributed by atoms with van der Waals surface area (Å²) in [5.41, 5.74) is 7.20. The number of hydrogen-bond donors (Lipinski definition) is 1. The van der Waals surface area contributed by atoms with E-state index in [9.17, 15) is 0 Å². The number of thiocarbonyl (C=S) groups is 1. The predicted molar refractivity (Wildman–Crippen MR) is 131 cm³/mol. The first-order valence-corrected chi connectivity index (χ1v) is 11.8. The number of rotatable bonds is 5. The number of hydrogen-bond acceptors (Lipinski definition) is 3. The van der Waals surface area contributed by atoms with Crippen molar-refractivity contribution >= 4 is 17.3 Å². The maximum atomic E-state index is 5.98. The number of benzene rings is 1. The van der Waals surface area contributed by atoms with Gasteiger partial charge >= 0.3 is 0 Å². The predicted octanol–water partition coefficient (Wildman–Crippen LogP) is 4.95. The Labute approximate surface area is 195 Å². The minimum atomic E-state index is -0.00318. The zero-order chi connectivity index (χ0) is 22.2. The molecule has 3 atom stereocenters. The van der Waals surface area contributed by atoms with Gasteiger partial charge in [0.15, 0.2) is 5.11 Å². The lowest BCUT2D eigenvalue weighted by Crippen LogP contribution is -2.36. The van der Waals surface area contributed by atoms with Crippen LogP contribution in [-0.2, 0) is 4.74 Å². The lowest BCUT2D eigenvalue weighted by Gasteiger charge is -2.30. The average Bonchev–Trinajstić information content (AvgIpc) is 3.48. The second-order valence-electron chi connectivity index (χ2n) is 8.91. The molecule has 2 fully saturated rings. The van der Waals surface area contributed by atoms with Gasteiger partial charge in [-0.1, -0.05) is 18.2 Å². The van der Waals surface area contributed by atoms with E-state index in [1.165, 1.54) is 28.2 Å². The van der Waals surface area contributed by atoms with Crippen molar-refractivity contribution in [3.8, 4) is 5.69 Å². The van der Waals surface area contributed by atoms with Gasteiger partial charge in [0.05, 0.1) is 23.9 Å². The molecule has 2 aliphatic heterocycles. The van der Waals surface area contributed by atoms with Crippen molar-refractivity contribution < 1.29 is 4.74 Å². The highest BCUT2D eigenvalue weighted by molar-refractivity contribution is 7.80. The molecule has 5 nitrogen and oxygen atoms in total. The van der Waals surface area contributed by atoms with Crippen LogP contribution in [0.4, 0.5) is 0 Å². The Bertz CT molecular complexity index is 1120. The number of nitrogens with zero attached hydrogens (tertiary/aromatic N) is 3. The average molecular weight is 447 g/mol. The summed E-state index contributed by atoms with van der Waals surface area (Å²) in [6.07, 6.45) is 4.28. The smallest absolute Gasteiger partial charge is 0.170 e. The summed E-state index contributed by atoms with van der Waals surface area (Å²) in [7, 11) is 0. The number of aryl methyl sites for hydroxylation is 2. The van der Waals surface area contributed by atoms with Crippen LogP contribution >= 0.6 is 12.2 Å². The number of nitrogens with one attached hydrogen (secondary N) is 1. The Morgan fingerprint density at radius 3 is 2.72 bits per heavy atom. The summed E-state index contributed by atoms with van der Waals surface area (Å²) in [6.45, 7) is 8.17. The fraction of sp³-hybridized carbons (Fsp3) is 0.385. The van der Waals surface area contributed by atoms with Gasteiger partial charge in [0.2, 0.25) is 0 Å². The molecule has 3 aromatic rings. The van der Waals surface area contributed by atoms with E-state index in [-0.39, 0.29) is 18.2 Å². The Hall–Kier alpha value is -2.70. The minimum Gasteiger partial charge on any atom is -0.376 e. The first-order valence-electron chi connectivity index (χ1n) is 11.4. The fourth-order valence-corrected chi connectivity index (χ4v) is 5.51. The summed E-state index contributed by atoms with van der Waals surface area (Å²) < 4.78 is 8.33. The molecule has 32 heavy (non-hydrogen) atoms. The highest BCUT2D eigenvalue weighted by atomic mass is 32.1. The molecule has 0 radical (unpaired) electrons. The zero-order valence-corrected chi connectivity index (χ0v) is 19.7. The van der Waals surface area contributed by atoms with E-state index in [1.54, 1.807) is 0 Å². The van der Waals surface area contributed by atoms with E-state index >= 15 is 0 Å². The molecular weight excluding hydrogens is 416 g/mol. The van der Waals surface area contributed by atoms with Gasteiger partial charge in [-0.05, 0) is 87.3 Å². The molecule has 1 N–H and O–H groups in total. The third-order valence-corrected chi connectivity index (χ3v) is 7.02. The Balaban J connectivity index is 1.59. The molecule has 0 bridgehead atoms. The first kappa shape index (κ1) is 21.2. The maximum Gasteiger partial charge on any atom is 0.170 e. The number of aromatic nitrogens is 2. The summed E-state index contributed by atoms with van der Waals surface area (Å²) >= 11 is 5.85. The lowest BCUT2D eigenvalue weighted by atomic mass is 9.96. The highest BCUT2D eigenvalue weighted by Crippen LogP contribution is 2.42. The van der Waals surface area contributed by atoms with E-state index < -0.39 is 0 Å². The quantitative estimate of drug-likeness (QED) is 0.562. The maximum absolute atomic E-state index is 5.98. The third-order valence-electron chi connectivity index (χ3n) is 6.67. The summed E-state index contributed by atoms with van der Waals surface area (Å²) in [6, 6.07) is 17.1. The van der Waals surface area contributed by atoms with Crippen LogP contribution in [0, 0.1) is 20.8 Å². The van der Waals surface area contributed by atoms with Crippen molar-refractivity contribution in [1.29, 1.82) is 0 Å². The van der Waals surface area contributed by atoms with Crippen LogP contribution < -0.4 is 5.32 Å². The van der Waals surface area contributed by atoms with E-state index in [0.717, 1.165) is 36.8 Å². The second-order valence-corrected chi connectivity index (χ2v) is 9.30. The van der Waals surface area contributed by atoms with Gasteiger partial charge in [0.25, 0.3) is 0 Å². The monoisotopic (exact) mass is 446 g/mol. The molecule has 0 spiro atoms. The van der Waals surface area contributed by atoms with Crippen LogP contribution in [0.3, 0.4) is 0 Å². The van der Waals surface area contributed by atoms with Gasteiger partial charge in [-0.3, -0.25) is 4.98 Å². The van der Waals surface area contributed by atoms with Crippen LogP contribution in [0.5, 0.6) is 0 Å². The van der Waals surface area contributed by atoms with Gasteiger partial charge in [0.1, 0.15) is 0 Å². The summed E-state index contributed by atoms with van der Waals surface area (Å²) in [5.74, 6) is 0. The van der Waals surface area contributed by atoms with Crippen LogP contribution in [0.2, 0.25) is 0 Å². The lowest BCUT2D eigenvalue weighted by molar-refractivity contribution is 0.0842. The molecule has 6 heteroatoms. The topological polar surface area (TPSA) is 42.3 Å². The summed E-state index contributed by atoms with van der Waals surface area (Å²) in [5, 5.41) is 4.36. The third kappa shape index (κ3) is 3.82. The number of ether oxygens (including phenoxy) is 1. The SMILES string of the molecule is Cc1cccc(-n2c(C)cc([C@H]3[C@H](c4ccccn4)NC(=S)N3C[C@@H]3CCCO3)c2C)c1. The van der Waals surface area contributed by atoms with Gasteiger partial charge in [-0.15, -0.1) is 0 Å². The molecule has 0 amide bonds. The molecule has 0 unspecified atom stereocenters. The van der Waals surface area contributed by atoms with Crippen LogP contribution in [0.15, 0.2) is 54.7 Å². The second kappa shape index (κ2) is 8.68. The van der Waals surface area contributed by atoms with E-state index in [4.69, 9.17) is 17.0 Å². The van der Waals surface area contributed by atoms with Gasteiger partial charge in [-0.25, -0.2) is 0 Å². The molecule has 1 aromatic carbocycles. The molecule has 0 saturated carbocycles. The van der Waals surface area contributed by atoms with Crippen molar-refractivity contribution in [2.75, 3.05) is 13.2 Å². The zero-order valence-electron chi connectivity index (χ0n) is 18.9. The minimum absolute atomic E-state index is 0.00318. The van der Waals surface area contributed by atoms with Crippen LogP contribution in [0.25, 0.3) is 5.69 Å². The Kier molecular flexibility index (Phi) is 5.74. The van der Waals surface area contributed by atoms with Crippen molar-refractivity contribution in [2.45, 2.75) is 51.8 Å². The van der Waals surface area contributed by atoms with Crippen molar-refractivity contribution in [2.24, 2.45) is 0 Å². The number of pyridine rings is 1. The fourth-order valence-electron chi connectivity index (χ4n) is 5.20. The normalized spacial score (nSPS) is 23.0. The van der Waals surface area contributed by atoms with Gasteiger partial charge in [-0.2, -0.15) is 0 Å². The molecule has 2 saturated heterocycles. The standard InChI is InChI=1S/C26H30N4OS/c1-17-8-6-9-20(14-17)30-18(2)15-22(19(30)3)25-24(23-11-4-5-12-27-23)28-26(32)29(25)16-21-10-7-13-31-21/h4-6,8-9,11-12,14-15,21,24-25H,7,10,13,16H2,1-3H3,(H,28,32)/t21-,24-,25-/m0/s1.